The van der Waals surface area contributed by atoms with Crippen LogP contribution in [0.5, 0.6) is 0 Å². The van der Waals surface area contributed by atoms with Crippen molar-refractivity contribution < 1.29 is 9.84 Å². The van der Waals surface area contributed by atoms with Gasteiger partial charge in [0.15, 0.2) is 0 Å². The molecule has 0 atom stereocenters. The Balaban J connectivity index is 2.32. The van der Waals surface area contributed by atoms with Gasteiger partial charge in [-0.3, -0.25) is 0 Å². The largest absolute Gasteiger partial charge is 0.491 e. The average molecular weight is 167 g/mol. The molecule has 0 amide bonds. The van der Waals surface area contributed by atoms with E-state index < -0.39 is 5.60 Å². The monoisotopic (exact) mass is 167 g/mol. The molecule has 0 heterocycles. The van der Waals surface area contributed by atoms with Crippen LogP contribution < -0.4 is 0 Å². The quantitative estimate of drug-likeness (QED) is 0.694. The normalized spacial score (nSPS) is 17.4. The van der Waals surface area contributed by atoms with Crippen LogP contribution in [0.3, 0.4) is 0 Å². The second-order valence-corrected chi connectivity index (χ2v) is 3.54. The zero-order chi connectivity index (χ0) is 9.03. The summed E-state index contributed by atoms with van der Waals surface area (Å²) >= 11 is 0. The smallest absolute Gasteiger partial charge is 0.116 e. The van der Waals surface area contributed by atoms with Gasteiger partial charge in [0.25, 0.3) is 0 Å². The van der Waals surface area contributed by atoms with Crippen LogP contribution >= 0.6 is 0 Å². The Morgan fingerprint density at radius 1 is 1.58 bits per heavy atom. The number of hydrogen-bond acceptors (Lipinski definition) is 2. The molecule has 0 bridgehead atoms. The molecule has 0 saturated heterocycles. The lowest BCUT2D eigenvalue weighted by molar-refractivity contribution is 0.00564. The summed E-state index contributed by atoms with van der Waals surface area (Å²) < 4.78 is 5.34. The van der Waals surface area contributed by atoms with E-state index in [2.05, 4.69) is 0 Å². The highest BCUT2D eigenvalue weighted by molar-refractivity contribution is 5.21. The van der Waals surface area contributed by atoms with Gasteiger partial charge < -0.3 is 9.84 Å². The summed E-state index contributed by atoms with van der Waals surface area (Å²) in [5, 5.41) is 9.36. The summed E-state index contributed by atoms with van der Waals surface area (Å²) in [7, 11) is 0. The highest BCUT2D eigenvalue weighted by Gasteiger charge is 2.13. The summed E-state index contributed by atoms with van der Waals surface area (Å²) in [6.45, 7) is 3.78. The Morgan fingerprint density at radius 3 is 2.83 bits per heavy atom. The van der Waals surface area contributed by atoms with E-state index >= 15 is 0 Å². The van der Waals surface area contributed by atoms with Crippen LogP contribution in [-0.4, -0.2) is 17.3 Å². The van der Waals surface area contributed by atoms with Gasteiger partial charge in [-0.15, -0.1) is 0 Å². The molecule has 0 spiro atoms. The van der Waals surface area contributed by atoms with Crippen molar-refractivity contribution in [1.82, 2.24) is 0 Å². The van der Waals surface area contributed by atoms with Crippen molar-refractivity contribution in [1.29, 1.82) is 0 Å². The Bertz CT molecular complexity index is 196. The fourth-order valence-corrected chi connectivity index (χ4v) is 0.859. The number of aliphatic hydroxyl groups is 1. The Kier molecular flexibility index (Phi) is 2.93. The maximum absolute atomic E-state index is 9.36. The lowest BCUT2D eigenvalue weighted by Crippen LogP contribution is -2.25. The fraction of sp³-hybridized carbons (Fsp3) is 0.500. The third-order valence-electron chi connectivity index (χ3n) is 1.43. The first-order chi connectivity index (χ1) is 5.58. The SMILES string of the molecule is CC(C)(O)COC1=C[CH]CC=C1. The van der Waals surface area contributed by atoms with Gasteiger partial charge in [-0.2, -0.15) is 0 Å². The molecule has 0 saturated carbocycles. The van der Waals surface area contributed by atoms with Gasteiger partial charge in [-0.05, 0) is 38.8 Å². The molecule has 1 aliphatic rings. The second kappa shape index (κ2) is 3.76. The summed E-state index contributed by atoms with van der Waals surface area (Å²) in [6, 6.07) is 0. The van der Waals surface area contributed by atoms with Crippen molar-refractivity contribution >= 4 is 0 Å². The lowest BCUT2D eigenvalue weighted by Gasteiger charge is -2.18. The van der Waals surface area contributed by atoms with Crippen LogP contribution in [0.4, 0.5) is 0 Å². The first-order valence-corrected chi connectivity index (χ1v) is 4.13. The molecule has 12 heavy (non-hydrogen) atoms. The van der Waals surface area contributed by atoms with Gasteiger partial charge in [-0.25, -0.2) is 0 Å². The fourth-order valence-electron chi connectivity index (χ4n) is 0.859. The van der Waals surface area contributed by atoms with Crippen LogP contribution in [0.1, 0.15) is 20.3 Å². The van der Waals surface area contributed by atoms with E-state index in [1.807, 2.05) is 24.6 Å². The molecular weight excluding hydrogens is 152 g/mol. The zero-order valence-corrected chi connectivity index (χ0v) is 7.58. The third kappa shape index (κ3) is 3.58. The van der Waals surface area contributed by atoms with Gasteiger partial charge in [0.1, 0.15) is 12.4 Å². The lowest BCUT2D eigenvalue weighted by atomic mass is 10.1. The Morgan fingerprint density at radius 2 is 2.33 bits per heavy atom. The molecule has 2 nitrogen and oxygen atoms in total. The highest BCUT2D eigenvalue weighted by Crippen LogP contribution is 2.12. The summed E-state index contributed by atoms with van der Waals surface area (Å²) in [4.78, 5) is 0. The van der Waals surface area contributed by atoms with Crippen LogP contribution in [0.2, 0.25) is 0 Å². The van der Waals surface area contributed by atoms with Gasteiger partial charge in [0.2, 0.25) is 0 Å². The molecule has 1 radical (unpaired) electrons. The number of hydrogen-bond donors (Lipinski definition) is 1. The van der Waals surface area contributed by atoms with Crippen LogP contribution in [-0.2, 0) is 4.74 Å². The van der Waals surface area contributed by atoms with Crippen molar-refractivity contribution in [3.05, 3.63) is 30.4 Å². The topological polar surface area (TPSA) is 29.5 Å². The molecule has 0 fully saturated rings. The van der Waals surface area contributed by atoms with E-state index in [4.69, 9.17) is 4.74 Å². The van der Waals surface area contributed by atoms with Crippen LogP contribution in [0, 0.1) is 6.42 Å². The Hall–Kier alpha value is -0.760. The van der Waals surface area contributed by atoms with E-state index in [1.54, 1.807) is 13.8 Å². The molecule has 0 aromatic rings. The van der Waals surface area contributed by atoms with Crippen molar-refractivity contribution in [2.75, 3.05) is 6.61 Å². The molecule has 1 N–H and O–H groups in total. The first kappa shape index (κ1) is 9.33. The number of ether oxygens (including phenoxy) is 1. The van der Waals surface area contributed by atoms with Gasteiger partial charge in [0, 0.05) is 0 Å². The zero-order valence-electron chi connectivity index (χ0n) is 7.58. The van der Waals surface area contributed by atoms with Crippen molar-refractivity contribution in [2.24, 2.45) is 0 Å². The second-order valence-electron chi connectivity index (χ2n) is 3.54. The first-order valence-electron chi connectivity index (χ1n) is 4.13. The predicted octanol–water partition coefficient (Wildman–Crippen LogP) is 1.82. The van der Waals surface area contributed by atoms with Gasteiger partial charge in [0.05, 0.1) is 5.60 Å². The maximum atomic E-state index is 9.36. The molecule has 2 heteroatoms. The number of rotatable bonds is 3. The maximum Gasteiger partial charge on any atom is 0.116 e. The molecule has 0 unspecified atom stereocenters. The van der Waals surface area contributed by atoms with E-state index in [1.165, 1.54) is 0 Å². The minimum Gasteiger partial charge on any atom is -0.491 e. The van der Waals surface area contributed by atoms with E-state index in [0.717, 1.165) is 12.2 Å². The van der Waals surface area contributed by atoms with Crippen LogP contribution in [0.15, 0.2) is 24.0 Å². The number of allylic oxidation sites excluding steroid dienone is 3. The van der Waals surface area contributed by atoms with Gasteiger partial charge in [-0.1, -0.05) is 6.08 Å². The molecular formula is C10H15O2. The third-order valence-corrected chi connectivity index (χ3v) is 1.43. The minimum absolute atomic E-state index is 0.330. The molecule has 0 aromatic heterocycles. The average Bonchev–Trinajstić information content (AvgIpc) is 2.02. The summed E-state index contributed by atoms with van der Waals surface area (Å²) in [5.41, 5.74) is -0.758. The Labute approximate surface area is 73.5 Å². The van der Waals surface area contributed by atoms with Crippen molar-refractivity contribution in [3.63, 3.8) is 0 Å². The van der Waals surface area contributed by atoms with Crippen molar-refractivity contribution in [3.8, 4) is 0 Å². The van der Waals surface area contributed by atoms with E-state index in [-0.39, 0.29) is 0 Å². The van der Waals surface area contributed by atoms with Crippen LogP contribution in [0.25, 0.3) is 0 Å². The molecule has 1 aliphatic carbocycles. The van der Waals surface area contributed by atoms with E-state index in [9.17, 15) is 5.11 Å². The molecule has 0 aromatic carbocycles. The molecule has 0 aliphatic heterocycles. The van der Waals surface area contributed by atoms with E-state index in [0.29, 0.717) is 6.61 Å². The van der Waals surface area contributed by atoms with Crippen molar-refractivity contribution in [2.45, 2.75) is 25.9 Å². The summed E-state index contributed by atoms with van der Waals surface area (Å²) in [5.74, 6) is 0.823. The standard InChI is InChI=1S/C10H15O2/c1-10(2,11)8-12-9-6-4-3-5-7-9/h4-7,11H,3,8H2,1-2H3. The molecule has 67 valence electrons. The summed E-state index contributed by atoms with van der Waals surface area (Å²) in [6.07, 6.45) is 8.87. The molecule has 1 rings (SSSR count). The highest BCUT2D eigenvalue weighted by atomic mass is 16.5. The predicted molar refractivity (Wildman–Crippen MR) is 48.4 cm³/mol. The van der Waals surface area contributed by atoms with Gasteiger partial charge >= 0.3 is 0 Å². The minimum atomic E-state index is -0.758.